The Morgan fingerprint density at radius 2 is 1.16 bits per heavy atom. The van der Waals surface area contributed by atoms with Crippen LogP contribution in [0.25, 0.3) is 21.5 Å². The molecule has 157 valence electrons. The predicted molar refractivity (Wildman–Crippen MR) is 142 cm³/mol. The van der Waals surface area contributed by atoms with Crippen molar-refractivity contribution in [2.45, 2.75) is 25.7 Å². The van der Waals surface area contributed by atoms with Crippen molar-refractivity contribution in [2.75, 3.05) is 7.15 Å². The molecule has 1 nitrogen and oxygen atoms in total. The summed E-state index contributed by atoms with van der Waals surface area (Å²) in [5.74, 6) is 0. The fourth-order valence-corrected chi connectivity index (χ4v) is 5.79. The monoisotopic (exact) mass is 557 g/mol. The van der Waals surface area contributed by atoms with Gasteiger partial charge in [0.2, 0.25) is 0 Å². The van der Waals surface area contributed by atoms with Gasteiger partial charge in [0.25, 0.3) is 0 Å². The first-order valence-electron chi connectivity index (χ1n) is 10.5. The minimum Gasteiger partial charge on any atom is -0.0614 e. The number of hydrogen-bond acceptors (Lipinski definition) is 2. The number of rotatable bonds is 0. The Hall–Kier alpha value is -1.50. The largest absolute Gasteiger partial charge is 0.0614 e. The SMILES string of the molecule is Brc1ccc2c3c(ccc(Br)c13)CC2.[2H]CF.[B]=NS.c1cc2c3c(cccc3c1)CC2. The zero-order valence-corrected chi connectivity index (χ0v) is 21.0. The molecule has 0 amide bonds. The summed E-state index contributed by atoms with van der Waals surface area (Å²) in [5.41, 5.74) is 6.03. The third kappa shape index (κ3) is 5.13. The van der Waals surface area contributed by atoms with Gasteiger partial charge in [0, 0.05) is 14.3 Å². The van der Waals surface area contributed by atoms with Crippen LogP contribution in [-0.4, -0.2) is 14.8 Å². The second-order valence-corrected chi connectivity index (χ2v) is 9.15. The molecule has 0 spiro atoms. The first-order chi connectivity index (χ1) is 15.5. The van der Waals surface area contributed by atoms with Gasteiger partial charge in [-0.15, -0.1) is 0 Å². The molecule has 31 heavy (non-hydrogen) atoms. The van der Waals surface area contributed by atoms with E-state index in [1.165, 1.54) is 78.4 Å². The minimum atomic E-state index is -1.00. The van der Waals surface area contributed by atoms with Gasteiger partial charge in [-0.1, -0.05) is 80.4 Å². The second kappa shape index (κ2) is 11.4. The maximum absolute atomic E-state index is 9.96. The van der Waals surface area contributed by atoms with E-state index in [0.717, 1.165) is 0 Å². The van der Waals surface area contributed by atoms with Gasteiger partial charge in [-0.25, -0.2) is 0 Å². The number of aryl methyl sites for hydroxylation is 4. The fraction of sp³-hybridized carbons (Fsp3) is 0.200. The molecule has 2 aliphatic rings. The van der Waals surface area contributed by atoms with E-state index >= 15 is 0 Å². The van der Waals surface area contributed by atoms with Crippen LogP contribution in [0, 0.1) is 0 Å². The topological polar surface area (TPSA) is 12.4 Å². The van der Waals surface area contributed by atoms with E-state index in [0.29, 0.717) is 0 Å². The number of nitrogens with zero attached hydrogens (tertiary/aromatic N) is 1. The van der Waals surface area contributed by atoms with Gasteiger partial charge >= 0.3 is 24.8 Å². The molecule has 0 atom stereocenters. The Kier molecular flexibility index (Phi) is 8.34. The Morgan fingerprint density at radius 1 is 0.774 bits per heavy atom. The Morgan fingerprint density at radius 3 is 1.58 bits per heavy atom. The summed E-state index contributed by atoms with van der Waals surface area (Å²) in [6.07, 6.45) is 4.85. The molecule has 0 saturated heterocycles. The second-order valence-electron chi connectivity index (χ2n) is 7.21. The number of hydrogen-bond donors (Lipinski definition) is 1. The van der Waals surface area contributed by atoms with Crippen LogP contribution in [0.15, 0.2) is 73.9 Å². The van der Waals surface area contributed by atoms with Crippen LogP contribution in [0.4, 0.5) is 4.39 Å². The van der Waals surface area contributed by atoms with Crippen LogP contribution < -0.4 is 0 Å². The summed E-state index contributed by atoms with van der Waals surface area (Å²) in [6, 6.07) is 22.0. The number of alkyl halides is 1. The molecule has 0 bridgehead atoms. The van der Waals surface area contributed by atoms with Crippen molar-refractivity contribution in [2.24, 2.45) is 4.30 Å². The molecule has 0 N–H and O–H groups in total. The van der Waals surface area contributed by atoms with Crippen LogP contribution in [-0.2, 0) is 25.7 Å². The summed E-state index contributed by atoms with van der Waals surface area (Å²) < 4.78 is 20.6. The molecular formula is C25H22BBr2FNS. The van der Waals surface area contributed by atoms with E-state index in [-0.39, 0.29) is 0 Å². The molecule has 4 aromatic carbocycles. The molecule has 1 radical (unpaired) electrons. The van der Waals surface area contributed by atoms with Gasteiger partial charge in [0.1, 0.15) is 0 Å². The van der Waals surface area contributed by atoms with Crippen molar-refractivity contribution >= 4 is 73.9 Å². The first kappa shape index (κ1) is 22.7. The van der Waals surface area contributed by atoms with Crippen molar-refractivity contribution in [1.82, 2.24) is 0 Å². The van der Waals surface area contributed by atoms with Crippen molar-refractivity contribution in [3.8, 4) is 0 Å². The standard InChI is InChI=1S/C12H8Br2.C12H10.CH3F.BHNS/c13-9-5-3-7-1-2-8-4-6-10(14)12(9)11(7)8;1-3-9-4-2-6-11-8-7-10(5-1)12(9)11;1-2;1-2-3/h3-6H,1-2H2;1-6H,7-8H2;1H3;3H/i;;1D;. The first-order valence-corrected chi connectivity index (χ1v) is 11.8. The molecule has 0 heterocycles. The molecule has 4 aromatic rings. The van der Waals surface area contributed by atoms with Crippen molar-refractivity contribution in [3.05, 3.63) is 91.9 Å². The molecule has 2 aliphatic carbocycles. The Balaban J connectivity index is 0.000000147. The van der Waals surface area contributed by atoms with Crippen molar-refractivity contribution in [3.63, 3.8) is 0 Å². The summed E-state index contributed by atoms with van der Waals surface area (Å²) in [7, 11) is 3.34. The van der Waals surface area contributed by atoms with Gasteiger partial charge in [-0.2, -0.15) is 0 Å². The molecular weight excluding hydrogens is 536 g/mol. The van der Waals surface area contributed by atoms with Gasteiger partial charge in [-0.3, -0.25) is 4.39 Å². The third-order valence-corrected chi connectivity index (χ3v) is 6.96. The van der Waals surface area contributed by atoms with Crippen LogP contribution in [0.2, 0.25) is 0 Å². The molecule has 0 aromatic heterocycles. The maximum Gasteiger partial charge on any atom is -0.0120 e. The summed E-state index contributed by atoms with van der Waals surface area (Å²) in [6.45, 7) is 0. The smallest absolute Gasteiger partial charge is 0.0120 e. The van der Waals surface area contributed by atoms with E-state index in [1.54, 1.807) is 0 Å². The van der Waals surface area contributed by atoms with Crippen LogP contribution in [0.3, 0.4) is 0 Å². The molecule has 6 heteroatoms. The number of benzene rings is 4. The number of thiol groups is 1. The minimum absolute atomic E-state index is 1.00. The van der Waals surface area contributed by atoms with Crippen molar-refractivity contribution in [1.29, 1.82) is 0 Å². The van der Waals surface area contributed by atoms with E-state index in [1.807, 2.05) is 0 Å². The fourth-order valence-electron chi connectivity index (χ4n) is 4.43. The normalized spacial score (nSPS) is 12.7. The Labute approximate surface area is 207 Å². The van der Waals surface area contributed by atoms with Crippen LogP contribution >= 0.6 is 44.7 Å². The van der Waals surface area contributed by atoms with E-state index < -0.39 is 7.15 Å². The summed E-state index contributed by atoms with van der Waals surface area (Å²) >= 11 is 10.4. The van der Waals surface area contributed by atoms with Crippen molar-refractivity contribution < 1.29 is 5.76 Å². The average Bonchev–Trinajstić information content (AvgIpc) is 3.40. The zero-order chi connectivity index (χ0) is 23.1. The van der Waals surface area contributed by atoms with Gasteiger partial charge in [0.15, 0.2) is 0 Å². The van der Waals surface area contributed by atoms with Crippen LogP contribution in [0.5, 0.6) is 0 Å². The molecule has 0 unspecified atom stereocenters. The maximum atomic E-state index is 9.96. The van der Waals surface area contributed by atoms with E-state index in [4.69, 9.17) is 1.37 Å². The zero-order valence-electron chi connectivity index (χ0n) is 17.9. The molecule has 0 fully saturated rings. The number of halogens is 3. The summed E-state index contributed by atoms with van der Waals surface area (Å²) in [4.78, 5) is 0. The predicted octanol–water partition coefficient (Wildman–Crippen LogP) is 8.17. The van der Waals surface area contributed by atoms with Gasteiger partial charge in [-0.05, 0) is 76.2 Å². The van der Waals surface area contributed by atoms with Gasteiger partial charge < -0.3 is 0 Å². The van der Waals surface area contributed by atoms with E-state index in [9.17, 15) is 4.39 Å². The quantitative estimate of drug-likeness (QED) is 0.165. The van der Waals surface area contributed by atoms with E-state index in [2.05, 4.69) is 117 Å². The summed E-state index contributed by atoms with van der Waals surface area (Å²) in [5, 5.41) is 5.70. The Bertz CT molecular complexity index is 1170. The third-order valence-electron chi connectivity index (χ3n) is 5.64. The van der Waals surface area contributed by atoms with Gasteiger partial charge in [0.05, 0.1) is 8.52 Å². The molecule has 0 aliphatic heterocycles. The average molecular weight is 559 g/mol. The molecule has 0 saturated carbocycles. The molecule has 6 rings (SSSR count). The van der Waals surface area contributed by atoms with Crippen LogP contribution in [0.1, 0.15) is 23.6 Å².